The molecule has 2 fully saturated rings. The highest BCUT2D eigenvalue weighted by Gasteiger charge is 2.51. The van der Waals surface area contributed by atoms with Crippen LogP contribution in [0.4, 0.5) is 31.1 Å². The van der Waals surface area contributed by atoms with Gasteiger partial charge < -0.3 is 26.0 Å². The molecule has 0 aromatic heterocycles. The Morgan fingerprint density at radius 2 is 1.57 bits per heavy atom. The van der Waals surface area contributed by atoms with Crippen LogP contribution in [0.15, 0.2) is 18.2 Å². The molecule has 4 N–H and O–H groups in total. The summed E-state index contributed by atoms with van der Waals surface area (Å²) in [6.07, 6.45) is -9.31. The van der Waals surface area contributed by atoms with Gasteiger partial charge in [-0.05, 0) is 74.9 Å². The van der Waals surface area contributed by atoms with Gasteiger partial charge in [-0.2, -0.15) is 26.3 Å². The first-order valence-electron chi connectivity index (χ1n) is 14.8. The van der Waals surface area contributed by atoms with Crippen molar-refractivity contribution >= 4 is 17.9 Å². The predicted molar refractivity (Wildman–Crippen MR) is 149 cm³/mol. The van der Waals surface area contributed by atoms with E-state index in [1.54, 1.807) is 4.90 Å². The fraction of sp³-hybridized carbons (Fsp3) is 0.690. The number of hydrogen-bond acceptors (Lipinski definition) is 6. The van der Waals surface area contributed by atoms with E-state index >= 15 is 0 Å². The minimum absolute atomic E-state index is 0.000806. The van der Waals surface area contributed by atoms with Crippen LogP contribution in [-0.4, -0.2) is 77.0 Å². The Balaban J connectivity index is 1.96. The van der Waals surface area contributed by atoms with Gasteiger partial charge in [-0.3, -0.25) is 14.5 Å². The first kappa shape index (κ1) is 35.4. The molecular weight excluding hydrogens is 596 g/mol. The van der Waals surface area contributed by atoms with E-state index in [1.165, 1.54) is 9.80 Å². The van der Waals surface area contributed by atoms with E-state index in [0.29, 0.717) is 57.3 Å². The average Bonchev–Trinajstić information content (AvgIpc) is 2.93. The molecule has 2 unspecified atom stereocenters. The van der Waals surface area contributed by atoms with Crippen molar-refractivity contribution in [1.29, 1.82) is 0 Å². The number of carbonyl (C=O) groups is 3. The van der Waals surface area contributed by atoms with Gasteiger partial charge in [0, 0.05) is 19.0 Å². The number of amides is 3. The van der Waals surface area contributed by atoms with E-state index < -0.39 is 60.0 Å². The van der Waals surface area contributed by atoms with Crippen LogP contribution in [0.1, 0.15) is 75.5 Å². The van der Waals surface area contributed by atoms with E-state index in [2.05, 4.69) is 0 Å². The molecule has 2 aliphatic heterocycles. The Morgan fingerprint density at radius 3 is 2.11 bits per heavy atom. The molecule has 3 amide bonds. The van der Waals surface area contributed by atoms with E-state index in [1.807, 2.05) is 13.8 Å². The molecule has 3 atom stereocenters. The summed E-state index contributed by atoms with van der Waals surface area (Å²) >= 11 is 0. The Hall–Kier alpha value is -3.07. The third-order valence-corrected chi connectivity index (χ3v) is 7.92. The van der Waals surface area contributed by atoms with Gasteiger partial charge in [0.05, 0.1) is 17.7 Å². The van der Waals surface area contributed by atoms with Crippen molar-refractivity contribution in [2.45, 2.75) is 96.0 Å². The average molecular weight is 638 g/mol. The summed E-state index contributed by atoms with van der Waals surface area (Å²) in [4.78, 5) is 45.0. The van der Waals surface area contributed by atoms with Crippen molar-refractivity contribution in [1.82, 2.24) is 14.7 Å². The zero-order valence-corrected chi connectivity index (χ0v) is 24.9. The second-order valence-corrected chi connectivity index (χ2v) is 11.7. The van der Waals surface area contributed by atoms with Crippen molar-refractivity contribution in [2.24, 2.45) is 17.4 Å². The number of halogens is 6. The number of fused-ring (bicyclic) bond motifs is 1. The summed E-state index contributed by atoms with van der Waals surface area (Å²) < 4.78 is 85.7. The number of alkyl halides is 6. The van der Waals surface area contributed by atoms with Crippen molar-refractivity contribution in [3.63, 3.8) is 0 Å². The fourth-order valence-electron chi connectivity index (χ4n) is 5.67. The lowest BCUT2D eigenvalue weighted by molar-refractivity contribution is -0.172. The lowest BCUT2D eigenvalue weighted by Gasteiger charge is -2.54. The highest BCUT2D eigenvalue weighted by atomic mass is 19.4. The van der Waals surface area contributed by atoms with Crippen molar-refractivity contribution in [3.05, 3.63) is 34.9 Å². The molecule has 0 bridgehead atoms. The molecule has 0 spiro atoms. The van der Waals surface area contributed by atoms with Crippen LogP contribution in [0.5, 0.6) is 0 Å². The number of unbranched alkanes of at least 4 members (excludes halogenated alkanes) is 1. The Kier molecular flexibility index (Phi) is 11.9. The molecule has 15 heteroatoms. The highest BCUT2D eigenvalue weighted by Crippen LogP contribution is 2.37. The predicted octanol–water partition coefficient (Wildman–Crippen LogP) is 4.71. The fourth-order valence-corrected chi connectivity index (χ4v) is 5.67. The second kappa shape index (κ2) is 14.8. The summed E-state index contributed by atoms with van der Waals surface area (Å²) in [5.74, 6) is -0.332. The second-order valence-electron chi connectivity index (χ2n) is 11.7. The maximum absolute atomic E-state index is 13.7. The molecule has 44 heavy (non-hydrogen) atoms. The topological polar surface area (TPSA) is 122 Å². The van der Waals surface area contributed by atoms with E-state index in [-0.39, 0.29) is 49.7 Å². The standard InChI is InChI=1S/C29H41F6N5O4/c1-18(2)8-11-38-16-24-39(22(6-3-4-9-36)15-25(41)40(24)23(26(38)42)7-5-10-37)27(43)44-17-19-12-20(28(30,31)32)14-21(13-19)29(33,34)35/h12-14,18,22-24H,3-11,15-17,36-37H2,1-2H3/t22?,23-,24?/m0/s1. The third kappa shape index (κ3) is 8.77. The van der Waals surface area contributed by atoms with Crippen molar-refractivity contribution in [2.75, 3.05) is 26.2 Å². The van der Waals surface area contributed by atoms with Crippen LogP contribution >= 0.6 is 0 Å². The quantitative estimate of drug-likeness (QED) is 0.253. The molecule has 3 rings (SSSR count). The normalized spacial score (nSPS) is 21.2. The number of hydrogen-bond donors (Lipinski definition) is 2. The number of nitrogens with two attached hydrogens (primary N) is 2. The summed E-state index contributed by atoms with van der Waals surface area (Å²) in [6, 6.07) is -0.550. The van der Waals surface area contributed by atoms with Crippen LogP contribution in [0.25, 0.3) is 0 Å². The van der Waals surface area contributed by atoms with Crippen LogP contribution in [-0.2, 0) is 33.3 Å². The zero-order valence-electron chi connectivity index (χ0n) is 24.9. The van der Waals surface area contributed by atoms with Gasteiger partial charge in [-0.25, -0.2) is 4.79 Å². The first-order valence-corrected chi connectivity index (χ1v) is 14.8. The number of rotatable bonds is 12. The molecule has 0 saturated carbocycles. The summed E-state index contributed by atoms with van der Waals surface area (Å²) in [5.41, 5.74) is 7.78. The zero-order chi connectivity index (χ0) is 32.8. The van der Waals surface area contributed by atoms with Gasteiger partial charge in [0.1, 0.15) is 18.8 Å². The molecule has 248 valence electrons. The molecule has 9 nitrogen and oxygen atoms in total. The number of benzene rings is 1. The summed E-state index contributed by atoms with van der Waals surface area (Å²) in [5, 5.41) is 0. The van der Waals surface area contributed by atoms with Gasteiger partial charge in [0.15, 0.2) is 0 Å². The lowest BCUT2D eigenvalue weighted by atomic mass is 9.94. The first-order chi connectivity index (χ1) is 20.6. The number of piperazine rings is 1. The van der Waals surface area contributed by atoms with Crippen LogP contribution in [0.3, 0.4) is 0 Å². The molecule has 0 radical (unpaired) electrons. The van der Waals surface area contributed by atoms with Crippen molar-refractivity contribution < 1.29 is 45.5 Å². The molecule has 2 heterocycles. The number of nitrogens with zero attached hydrogens (tertiary/aromatic N) is 3. The van der Waals surface area contributed by atoms with E-state index in [4.69, 9.17) is 16.2 Å². The molecule has 1 aromatic carbocycles. The van der Waals surface area contributed by atoms with Gasteiger partial charge in [-0.1, -0.05) is 20.3 Å². The molecular formula is C29H41F6N5O4. The SMILES string of the molecule is CC(C)CCN1CC2N(C(=O)OCc3cc(C(F)(F)F)cc(C(F)(F)F)c3)C(CCCCN)CC(=O)N2[C@@H](CCCN)C1=O. The Morgan fingerprint density at radius 1 is 0.955 bits per heavy atom. The summed E-state index contributed by atoms with van der Waals surface area (Å²) in [6.45, 7) is 4.12. The van der Waals surface area contributed by atoms with Gasteiger partial charge in [0.2, 0.25) is 11.8 Å². The minimum atomic E-state index is -5.06. The van der Waals surface area contributed by atoms with E-state index in [0.717, 1.165) is 0 Å². The van der Waals surface area contributed by atoms with Gasteiger partial charge in [0.25, 0.3) is 0 Å². The molecule has 2 saturated heterocycles. The van der Waals surface area contributed by atoms with Crippen LogP contribution in [0.2, 0.25) is 0 Å². The Labute approximate surface area is 252 Å². The maximum Gasteiger partial charge on any atom is 0.416 e. The minimum Gasteiger partial charge on any atom is -0.444 e. The third-order valence-electron chi connectivity index (χ3n) is 7.92. The molecule has 2 aliphatic rings. The molecule has 0 aliphatic carbocycles. The smallest absolute Gasteiger partial charge is 0.416 e. The highest BCUT2D eigenvalue weighted by molar-refractivity contribution is 5.91. The van der Waals surface area contributed by atoms with Gasteiger partial charge >= 0.3 is 18.4 Å². The maximum atomic E-state index is 13.7. The largest absolute Gasteiger partial charge is 0.444 e. The van der Waals surface area contributed by atoms with Crippen LogP contribution in [0, 0.1) is 5.92 Å². The lowest BCUT2D eigenvalue weighted by Crippen LogP contribution is -2.73. The number of carbonyl (C=O) groups excluding carboxylic acids is 3. The number of ether oxygens (including phenoxy) is 1. The summed E-state index contributed by atoms with van der Waals surface area (Å²) in [7, 11) is 0. The van der Waals surface area contributed by atoms with Crippen LogP contribution < -0.4 is 11.5 Å². The molecule has 1 aromatic rings. The Bertz CT molecular complexity index is 1130. The van der Waals surface area contributed by atoms with Gasteiger partial charge in [-0.15, -0.1) is 0 Å². The monoisotopic (exact) mass is 637 g/mol. The van der Waals surface area contributed by atoms with E-state index in [9.17, 15) is 40.7 Å². The van der Waals surface area contributed by atoms with Crippen molar-refractivity contribution in [3.8, 4) is 0 Å².